The largest absolute Gasteiger partial charge is 0.497 e. The van der Waals surface area contributed by atoms with Crippen molar-refractivity contribution in [1.29, 1.82) is 0 Å². The van der Waals surface area contributed by atoms with Crippen LogP contribution >= 0.6 is 11.6 Å². The average Bonchev–Trinajstić information content (AvgIpc) is 2.75. The Morgan fingerprint density at radius 1 is 0.833 bits per heavy atom. The highest BCUT2D eigenvalue weighted by Crippen LogP contribution is 2.25. The smallest absolute Gasteiger partial charge is 0.261 e. The summed E-state index contributed by atoms with van der Waals surface area (Å²) in [4.78, 5) is 12.7. The van der Waals surface area contributed by atoms with Crippen LogP contribution in [0.5, 0.6) is 11.5 Å². The van der Waals surface area contributed by atoms with Gasteiger partial charge in [-0.15, -0.1) is 0 Å². The Bertz CT molecular complexity index is 1150. The molecule has 0 spiro atoms. The quantitative estimate of drug-likeness (QED) is 0.560. The highest BCUT2D eigenvalue weighted by Gasteiger charge is 2.17. The van der Waals surface area contributed by atoms with E-state index >= 15 is 0 Å². The number of hydrogen-bond donors (Lipinski definition) is 2. The lowest BCUT2D eigenvalue weighted by molar-refractivity contribution is 0.102. The normalized spacial score (nSPS) is 10.9. The van der Waals surface area contributed by atoms with Crippen LogP contribution in [0.2, 0.25) is 5.02 Å². The van der Waals surface area contributed by atoms with Gasteiger partial charge in [0.15, 0.2) is 0 Å². The van der Waals surface area contributed by atoms with Crippen molar-refractivity contribution in [3.8, 4) is 11.5 Å². The van der Waals surface area contributed by atoms with Crippen molar-refractivity contribution in [2.75, 3.05) is 24.3 Å². The maximum atomic E-state index is 12.6. The van der Waals surface area contributed by atoms with Gasteiger partial charge in [-0.05, 0) is 66.7 Å². The van der Waals surface area contributed by atoms with Crippen molar-refractivity contribution in [2.24, 2.45) is 0 Å². The first kappa shape index (κ1) is 21.5. The number of carbonyl (C=O) groups excluding carboxylic acids is 1. The van der Waals surface area contributed by atoms with E-state index in [2.05, 4.69) is 10.0 Å². The van der Waals surface area contributed by atoms with Crippen molar-refractivity contribution >= 4 is 38.9 Å². The SMILES string of the molecule is COc1ccc(NC(=O)c2cc(NS(=O)(=O)c3ccc(OC)cc3)ccc2Cl)cc1. The molecule has 0 aliphatic rings. The number of hydrogen-bond acceptors (Lipinski definition) is 5. The van der Waals surface area contributed by atoms with E-state index in [-0.39, 0.29) is 21.2 Å². The summed E-state index contributed by atoms with van der Waals surface area (Å²) in [6.07, 6.45) is 0. The summed E-state index contributed by atoms with van der Waals surface area (Å²) in [5.41, 5.74) is 0.874. The third-order valence-corrected chi connectivity index (χ3v) is 5.91. The highest BCUT2D eigenvalue weighted by atomic mass is 35.5. The monoisotopic (exact) mass is 446 g/mol. The number of methoxy groups -OCH3 is 2. The molecule has 1 amide bonds. The summed E-state index contributed by atoms with van der Waals surface area (Å²) in [6, 6.07) is 17.0. The minimum Gasteiger partial charge on any atom is -0.497 e. The van der Waals surface area contributed by atoms with Crippen molar-refractivity contribution in [3.05, 3.63) is 77.3 Å². The first-order valence-electron chi connectivity index (χ1n) is 8.74. The molecule has 0 heterocycles. The van der Waals surface area contributed by atoms with E-state index in [1.54, 1.807) is 43.5 Å². The molecule has 0 aromatic heterocycles. The molecule has 30 heavy (non-hydrogen) atoms. The van der Waals surface area contributed by atoms with Crippen LogP contribution in [0.4, 0.5) is 11.4 Å². The third kappa shape index (κ3) is 5.03. The molecule has 0 radical (unpaired) electrons. The molecule has 0 unspecified atom stereocenters. The Hall–Kier alpha value is -3.23. The van der Waals surface area contributed by atoms with Crippen LogP contribution in [0.1, 0.15) is 10.4 Å². The molecule has 156 valence electrons. The zero-order chi connectivity index (χ0) is 21.7. The zero-order valence-electron chi connectivity index (χ0n) is 16.2. The number of amides is 1. The number of rotatable bonds is 7. The number of benzene rings is 3. The lowest BCUT2D eigenvalue weighted by Gasteiger charge is -2.12. The van der Waals surface area contributed by atoms with Crippen LogP contribution in [-0.4, -0.2) is 28.5 Å². The minimum absolute atomic E-state index is 0.0579. The van der Waals surface area contributed by atoms with Gasteiger partial charge in [-0.3, -0.25) is 9.52 Å². The number of sulfonamides is 1. The number of halogens is 1. The zero-order valence-corrected chi connectivity index (χ0v) is 17.8. The van der Waals surface area contributed by atoms with E-state index in [1.165, 1.54) is 37.4 Å². The first-order valence-corrected chi connectivity index (χ1v) is 10.6. The second-order valence-electron chi connectivity index (χ2n) is 6.16. The van der Waals surface area contributed by atoms with Crippen molar-refractivity contribution in [1.82, 2.24) is 0 Å². The van der Waals surface area contributed by atoms with Crippen molar-refractivity contribution < 1.29 is 22.7 Å². The van der Waals surface area contributed by atoms with E-state index in [4.69, 9.17) is 21.1 Å². The maximum Gasteiger partial charge on any atom is 0.261 e. The maximum absolute atomic E-state index is 12.6. The van der Waals surface area contributed by atoms with Crippen LogP contribution in [0.25, 0.3) is 0 Å². The predicted octanol–water partition coefficient (Wildman–Crippen LogP) is 4.41. The van der Waals surface area contributed by atoms with Crippen LogP contribution in [0, 0.1) is 0 Å². The van der Waals surface area contributed by atoms with Gasteiger partial charge in [0.05, 0.1) is 29.7 Å². The van der Waals surface area contributed by atoms with Gasteiger partial charge >= 0.3 is 0 Å². The molecule has 7 nitrogen and oxygen atoms in total. The lowest BCUT2D eigenvalue weighted by Crippen LogP contribution is -2.15. The van der Waals surface area contributed by atoms with Gasteiger partial charge in [0.1, 0.15) is 11.5 Å². The van der Waals surface area contributed by atoms with Gasteiger partial charge in [-0.1, -0.05) is 11.6 Å². The van der Waals surface area contributed by atoms with Gasteiger partial charge in [0, 0.05) is 11.4 Å². The third-order valence-electron chi connectivity index (χ3n) is 4.18. The Morgan fingerprint density at radius 3 is 1.93 bits per heavy atom. The number of ether oxygens (including phenoxy) is 2. The van der Waals surface area contributed by atoms with E-state index in [1.807, 2.05) is 0 Å². The van der Waals surface area contributed by atoms with Crippen molar-refractivity contribution in [3.63, 3.8) is 0 Å². The second kappa shape index (κ2) is 9.06. The molecular weight excluding hydrogens is 428 g/mol. The fraction of sp³-hybridized carbons (Fsp3) is 0.0952. The van der Waals surface area contributed by atoms with Gasteiger partial charge in [-0.25, -0.2) is 8.42 Å². The van der Waals surface area contributed by atoms with Crippen LogP contribution in [0.3, 0.4) is 0 Å². The molecule has 0 saturated carbocycles. The number of anilines is 2. The molecule has 9 heteroatoms. The molecule has 2 N–H and O–H groups in total. The summed E-state index contributed by atoms with van der Waals surface area (Å²) in [5, 5.41) is 2.90. The molecule has 0 bridgehead atoms. The van der Waals surface area contributed by atoms with Gasteiger partial charge < -0.3 is 14.8 Å². The average molecular weight is 447 g/mol. The lowest BCUT2D eigenvalue weighted by atomic mass is 10.2. The summed E-state index contributed by atoms with van der Waals surface area (Å²) in [7, 11) is -0.813. The van der Waals surface area contributed by atoms with E-state index < -0.39 is 15.9 Å². The summed E-state index contributed by atoms with van der Waals surface area (Å²) in [5.74, 6) is 0.717. The Kier molecular flexibility index (Phi) is 6.49. The first-order chi connectivity index (χ1) is 14.3. The predicted molar refractivity (Wildman–Crippen MR) is 116 cm³/mol. The molecule has 0 aliphatic heterocycles. The fourth-order valence-corrected chi connectivity index (χ4v) is 3.86. The fourth-order valence-electron chi connectivity index (χ4n) is 2.60. The van der Waals surface area contributed by atoms with E-state index in [0.717, 1.165) is 0 Å². The molecular formula is C21H19ClN2O5S. The Balaban J connectivity index is 1.80. The van der Waals surface area contributed by atoms with Gasteiger partial charge in [-0.2, -0.15) is 0 Å². The summed E-state index contributed by atoms with van der Waals surface area (Å²) >= 11 is 6.15. The Labute approximate surface area is 179 Å². The molecule has 3 aromatic rings. The van der Waals surface area contributed by atoms with Crippen LogP contribution in [0.15, 0.2) is 71.6 Å². The summed E-state index contributed by atoms with van der Waals surface area (Å²) < 4.78 is 37.8. The molecule has 0 saturated heterocycles. The van der Waals surface area contributed by atoms with Gasteiger partial charge in [0.2, 0.25) is 0 Å². The number of nitrogens with one attached hydrogen (secondary N) is 2. The molecule has 0 fully saturated rings. The van der Waals surface area contributed by atoms with Crippen LogP contribution in [-0.2, 0) is 10.0 Å². The van der Waals surface area contributed by atoms with E-state index in [0.29, 0.717) is 17.2 Å². The van der Waals surface area contributed by atoms with Crippen LogP contribution < -0.4 is 19.5 Å². The molecule has 3 aromatic carbocycles. The van der Waals surface area contributed by atoms with E-state index in [9.17, 15) is 13.2 Å². The minimum atomic E-state index is -3.85. The standard InChI is InChI=1S/C21H19ClN2O5S/c1-28-16-6-3-14(4-7-16)23-21(25)19-13-15(5-12-20(19)22)24-30(26,27)18-10-8-17(29-2)9-11-18/h3-13,24H,1-2H3,(H,23,25). The molecule has 0 atom stereocenters. The Morgan fingerprint density at radius 2 is 1.37 bits per heavy atom. The van der Waals surface area contributed by atoms with Gasteiger partial charge in [0.25, 0.3) is 15.9 Å². The highest BCUT2D eigenvalue weighted by molar-refractivity contribution is 7.92. The summed E-state index contributed by atoms with van der Waals surface area (Å²) in [6.45, 7) is 0. The number of carbonyl (C=O) groups is 1. The second-order valence-corrected chi connectivity index (χ2v) is 8.25. The molecule has 0 aliphatic carbocycles. The van der Waals surface area contributed by atoms with Crippen molar-refractivity contribution in [2.45, 2.75) is 4.90 Å². The molecule has 3 rings (SSSR count). The topological polar surface area (TPSA) is 93.7 Å².